The number of carbonyl (C=O) groups excluding carboxylic acids is 8. The van der Waals surface area contributed by atoms with Crippen molar-refractivity contribution in [2.45, 2.75) is 124 Å². The molecule has 382 valence electrons. The maximum Gasteiger partial charge on any atom is 0.303 e. The third-order valence-electron chi connectivity index (χ3n) is 12.6. The molecule has 0 saturated heterocycles. The minimum Gasteiger partial charge on any atom is -0.506 e. The summed E-state index contributed by atoms with van der Waals surface area (Å²) < 4.78 is 5.83. The highest BCUT2D eigenvalue weighted by molar-refractivity contribution is 7.09. The van der Waals surface area contributed by atoms with E-state index in [4.69, 9.17) is 4.74 Å². The van der Waals surface area contributed by atoms with Gasteiger partial charge in [0.15, 0.2) is 6.10 Å². The zero-order chi connectivity index (χ0) is 51.9. The molecule has 0 saturated carbocycles. The van der Waals surface area contributed by atoms with Crippen LogP contribution in [-0.2, 0) is 44.7 Å². The van der Waals surface area contributed by atoms with Crippen LogP contribution in [0.25, 0.3) is 0 Å². The smallest absolute Gasteiger partial charge is 0.303 e. The van der Waals surface area contributed by atoms with Crippen molar-refractivity contribution in [2.24, 2.45) is 17.8 Å². The Morgan fingerprint density at radius 3 is 2.17 bits per heavy atom. The van der Waals surface area contributed by atoms with Crippen LogP contribution in [0.2, 0.25) is 0 Å². The van der Waals surface area contributed by atoms with Crippen LogP contribution in [0.1, 0.15) is 115 Å². The second-order valence-corrected chi connectivity index (χ2v) is 20.1. The number of benzene rings is 1. The molecule has 0 bridgehead atoms. The molecule has 2 aromatic rings. The topological polar surface area (TPSA) is 240 Å². The van der Waals surface area contributed by atoms with Crippen molar-refractivity contribution in [1.29, 1.82) is 0 Å². The number of esters is 1. The summed E-state index contributed by atoms with van der Waals surface area (Å²) in [4.78, 5) is 115. The maximum atomic E-state index is 14.3. The average molecular weight is 982 g/mol. The number of rotatable bonds is 27. The molecule has 0 spiro atoms. The highest BCUT2D eigenvalue weighted by Gasteiger charge is 2.39. The first-order valence-corrected chi connectivity index (χ1v) is 24.4. The fourth-order valence-electron chi connectivity index (χ4n) is 7.54. The van der Waals surface area contributed by atoms with Crippen LogP contribution >= 0.6 is 11.3 Å². The Hall–Kier alpha value is -5.73. The van der Waals surface area contributed by atoms with Crippen molar-refractivity contribution in [2.75, 3.05) is 60.2 Å². The van der Waals surface area contributed by atoms with Crippen LogP contribution in [0.3, 0.4) is 0 Å². The number of aromatic nitrogens is 1. The van der Waals surface area contributed by atoms with Gasteiger partial charge in [-0.15, -0.1) is 11.3 Å². The number of hydrogen-bond donors (Lipinski definition) is 5. The Morgan fingerprint density at radius 1 is 0.942 bits per heavy atom. The number of aromatic hydroxyl groups is 1. The molecule has 1 aliphatic rings. The van der Waals surface area contributed by atoms with E-state index >= 15 is 0 Å². The Morgan fingerprint density at radius 2 is 1.59 bits per heavy atom. The van der Waals surface area contributed by atoms with Gasteiger partial charge in [-0.2, -0.15) is 0 Å². The van der Waals surface area contributed by atoms with Crippen LogP contribution in [0.5, 0.6) is 5.75 Å². The fourth-order valence-corrected chi connectivity index (χ4v) is 8.38. The van der Waals surface area contributed by atoms with Crippen LogP contribution in [0.15, 0.2) is 35.7 Å². The van der Waals surface area contributed by atoms with E-state index in [2.05, 4.69) is 26.3 Å². The van der Waals surface area contributed by atoms with E-state index in [1.54, 1.807) is 69.2 Å². The lowest BCUT2D eigenvalue weighted by atomic mass is 9.92. The highest BCUT2D eigenvalue weighted by Crippen LogP contribution is 2.32. The minimum atomic E-state index is -0.935. The zero-order valence-corrected chi connectivity index (χ0v) is 43.5. The summed E-state index contributed by atoms with van der Waals surface area (Å²) in [6, 6.07) is 2.69. The molecule has 1 aliphatic heterocycles. The molecule has 5 N–H and O–H groups in total. The molecule has 2 heterocycles. The lowest BCUT2D eigenvalue weighted by Gasteiger charge is -2.38. The van der Waals surface area contributed by atoms with Crippen molar-refractivity contribution < 1.29 is 48.2 Å². The van der Waals surface area contributed by atoms with Crippen molar-refractivity contribution in [1.82, 2.24) is 40.5 Å². The van der Waals surface area contributed by atoms with Gasteiger partial charge in [-0.05, 0) is 90.8 Å². The van der Waals surface area contributed by atoms with E-state index in [-0.39, 0.29) is 85.3 Å². The number of hydrogen-bond acceptors (Lipinski definition) is 14. The third kappa shape index (κ3) is 17.0. The summed E-state index contributed by atoms with van der Waals surface area (Å²) in [5.41, 5.74) is -0.0996. The summed E-state index contributed by atoms with van der Waals surface area (Å²) in [6.07, 6.45) is 2.76. The number of anilines is 1. The second kappa shape index (κ2) is 26.3. The van der Waals surface area contributed by atoms with Crippen LogP contribution in [0.4, 0.5) is 5.69 Å². The molecule has 7 amide bonds. The van der Waals surface area contributed by atoms with Gasteiger partial charge in [-0.3, -0.25) is 48.2 Å². The van der Waals surface area contributed by atoms with E-state index in [1.165, 1.54) is 25.1 Å². The third-order valence-corrected chi connectivity index (χ3v) is 13.6. The number of likely N-dealkylation sites (N-methyl/N-ethyl adjacent to an activating group) is 3. The Labute approximate surface area is 411 Å². The Kier molecular flexibility index (Phi) is 22.0. The molecule has 0 fully saturated rings. The number of phenols is 1. The number of ether oxygens (including phenoxy) is 1. The summed E-state index contributed by atoms with van der Waals surface area (Å²) in [6.45, 7) is 15.5. The minimum absolute atomic E-state index is 0.0327. The molecule has 1 aromatic carbocycles. The van der Waals surface area contributed by atoms with Crippen molar-refractivity contribution >= 4 is 64.3 Å². The number of nitrogens with zero attached hydrogens (tertiary/aromatic N) is 5. The molecule has 20 heteroatoms. The van der Waals surface area contributed by atoms with Gasteiger partial charge in [-0.1, -0.05) is 47.1 Å². The van der Waals surface area contributed by atoms with Gasteiger partial charge >= 0.3 is 5.97 Å². The van der Waals surface area contributed by atoms with Gasteiger partial charge in [0.25, 0.3) is 17.7 Å². The van der Waals surface area contributed by atoms with Gasteiger partial charge < -0.3 is 40.9 Å². The molecular formula is C49H75N9O10S. The predicted octanol–water partition coefficient (Wildman–Crippen LogP) is 3.89. The van der Waals surface area contributed by atoms with Crippen molar-refractivity contribution in [3.63, 3.8) is 0 Å². The number of carbonyl (C=O) groups is 8. The normalized spacial score (nSPS) is 15.4. The Balaban J connectivity index is 1.87. The standard InChI is InChI=1S/C49H75N9O10S/c1-14-30(4)43(54-48(67)49(7,8)56(11)12)47(66)57(13)37(29(2)3)27-39(68-32(6)59)46-53-36(28-69-46)45(65)51-34(24-31(5)44(64)50-21-23-55(9)10)25-33-17-18-38(60)35(26-33)52-40(61)16-15-22-58-41(62)19-20-42(58)63/h17-20,26,28-31,34,37,39,43,60H,14-16,21-25,27H2,1-13H3,(H,50,64)(H,51,65)(H,52,61)(H,54,67)/t30-,31?,34?,37+,39+,43-/m0/s1. The van der Waals surface area contributed by atoms with Gasteiger partial charge in [0.1, 0.15) is 22.5 Å². The van der Waals surface area contributed by atoms with E-state index < -0.39 is 65.3 Å². The summed E-state index contributed by atoms with van der Waals surface area (Å²) in [5, 5.41) is 24.2. The quantitative estimate of drug-likeness (QED) is 0.0486. The van der Waals surface area contributed by atoms with E-state index in [1.807, 2.05) is 46.7 Å². The Bertz CT molecular complexity index is 2160. The molecule has 1 aromatic heterocycles. The van der Waals surface area contributed by atoms with Crippen molar-refractivity contribution in [3.8, 4) is 5.75 Å². The molecule has 6 atom stereocenters. The van der Waals surface area contributed by atoms with E-state index in [0.29, 0.717) is 30.1 Å². The predicted molar refractivity (Wildman–Crippen MR) is 264 cm³/mol. The molecule has 19 nitrogen and oxygen atoms in total. The van der Waals surface area contributed by atoms with Gasteiger partial charge in [0.2, 0.25) is 23.6 Å². The van der Waals surface area contributed by atoms with Gasteiger partial charge in [0.05, 0.1) is 11.2 Å². The first-order chi connectivity index (χ1) is 32.3. The number of amides is 7. The monoisotopic (exact) mass is 982 g/mol. The lowest BCUT2D eigenvalue weighted by molar-refractivity contribution is -0.149. The molecule has 2 unspecified atom stereocenters. The maximum absolute atomic E-state index is 14.3. The highest BCUT2D eigenvalue weighted by atomic mass is 32.1. The molecule has 0 radical (unpaired) electrons. The van der Waals surface area contributed by atoms with Gasteiger partial charge in [-0.25, -0.2) is 4.98 Å². The van der Waals surface area contributed by atoms with E-state index in [9.17, 15) is 43.5 Å². The zero-order valence-electron chi connectivity index (χ0n) is 42.6. The van der Waals surface area contributed by atoms with Crippen LogP contribution < -0.4 is 21.3 Å². The molecule has 0 aliphatic carbocycles. The SMILES string of the molecule is CC[C@H](C)[C@H](NC(=O)C(C)(C)N(C)C)C(=O)N(C)[C@H](C[C@@H](OC(C)=O)c1nc(C(=O)NC(Cc2ccc(O)c(NC(=O)CCCN3C(=O)C=CC3=O)c2)CC(C)C(=O)NCCN(C)C)cs1)C(C)C. The van der Waals surface area contributed by atoms with E-state index in [0.717, 1.165) is 16.2 Å². The number of phenolic OH excluding ortho intramolecular Hbond substituents is 1. The van der Waals surface area contributed by atoms with Crippen LogP contribution in [0, 0.1) is 17.8 Å². The van der Waals surface area contributed by atoms with Crippen LogP contribution in [-0.4, -0.2) is 156 Å². The average Bonchev–Trinajstić information content (AvgIpc) is 3.90. The molecular weight excluding hydrogens is 907 g/mol. The summed E-state index contributed by atoms with van der Waals surface area (Å²) in [5.74, 6) is -4.31. The molecule has 3 rings (SSSR count). The largest absolute Gasteiger partial charge is 0.506 e. The first kappa shape index (κ1) is 57.6. The second-order valence-electron chi connectivity index (χ2n) is 19.2. The number of nitrogens with one attached hydrogen (secondary N) is 4. The van der Waals surface area contributed by atoms with Crippen molar-refractivity contribution in [3.05, 3.63) is 52.0 Å². The van der Waals surface area contributed by atoms with Gasteiger partial charge in [0, 0.05) is 82.0 Å². The lowest BCUT2D eigenvalue weighted by Crippen LogP contribution is -2.60. The fraction of sp³-hybridized carbons (Fsp3) is 0.612. The first-order valence-electron chi connectivity index (χ1n) is 23.5. The summed E-state index contributed by atoms with van der Waals surface area (Å²) >= 11 is 1.12. The number of thiazole rings is 1. The molecule has 69 heavy (non-hydrogen) atoms. The number of imide groups is 1. The summed E-state index contributed by atoms with van der Waals surface area (Å²) in [7, 11) is 9.06.